The lowest BCUT2D eigenvalue weighted by Gasteiger charge is -2.02. The molecule has 7 nitrogen and oxygen atoms in total. The lowest BCUT2D eigenvalue weighted by Crippen LogP contribution is -1.91. The number of hydrogen-bond acceptors (Lipinski definition) is 6. The molecule has 0 unspecified atom stereocenters. The summed E-state index contributed by atoms with van der Waals surface area (Å²) in [6, 6.07) is 11.4. The van der Waals surface area contributed by atoms with Crippen molar-refractivity contribution in [3.05, 3.63) is 60.9 Å². The van der Waals surface area contributed by atoms with Crippen LogP contribution in [0.25, 0.3) is 39.5 Å². The largest absolute Gasteiger partial charge is 0.435 e. The van der Waals surface area contributed by atoms with Gasteiger partial charge in [0.05, 0.1) is 16.6 Å². The van der Waals surface area contributed by atoms with Gasteiger partial charge >= 0.3 is 0 Å². The van der Waals surface area contributed by atoms with Gasteiger partial charge in [-0.15, -0.1) is 0 Å². The molecular formula is C18H12N6O. The van der Waals surface area contributed by atoms with Crippen LogP contribution in [0, 0.1) is 6.92 Å². The molecule has 0 saturated heterocycles. The van der Waals surface area contributed by atoms with Crippen LogP contribution in [0.2, 0.25) is 0 Å². The van der Waals surface area contributed by atoms with Crippen LogP contribution >= 0.6 is 0 Å². The average Bonchev–Trinajstić information content (AvgIpc) is 3.22. The molecule has 7 heteroatoms. The van der Waals surface area contributed by atoms with E-state index in [9.17, 15) is 0 Å². The molecular weight excluding hydrogens is 316 g/mol. The second-order valence-corrected chi connectivity index (χ2v) is 5.59. The van der Waals surface area contributed by atoms with E-state index >= 15 is 0 Å². The summed E-state index contributed by atoms with van der Waals surface area (Å²) >= 11 is 0. The first kappa shape index (κ1) is 13.8. The highest BCUT2D eigenvalue weighted by molar-refractivity contribution is 6.06. The average molecular weight is 328 g/mol. The van der Waals surface area contributed by atoms with Gasteiger partial charge in [-0.05, 0) is 31.2 Å². The number of hydrogen-bond donors (Lipinski definition) is 0. The molecule has 0 aliphatic heterocycles. The maximum absolute atomic E-state index is 6.06. The first-order chi connectivity index (χ1) is 12.3. The zero-order chi connectivity index (χ0) is 16.8. The minimum absolute atomic E-state index is 0.487. The highest BCUT2D eigenvalue weighted by atomic mass is 16.3. The number of fused-ring (bicyclic) bond motifs is 3. The summed E-state index contributed by atoms with van der Waals surface area (Å²) in [6.07, 6.45) is 5.08. The van der Waals surface area contributed by atoms with Gasteiger partial charge in [-0.1, -0.05) is 12.1 Å². The number of furan rings is 1. The van der Waals surface area contributed by atoms with Gasteiger partial charge in [-0.3, -0.25) is 9.97 Å². The molecule has 0 spiro atoms. The van der Waals surface area contributed by atoms with Gasteiger partial charge in [-0.25, -0.2) is 14.5 Å². The smallest absolute Gasteiger partial charge is 0.232 e. The zero-order valence-electron chi connectivity index (χ0n) is 13.3. The second kappa shape index (κ2) is 5.20. The molecule has 0 aliphatic carbocycles. The normalized spacial score (nSPS) is 11.4. The molecule has 5 heterocycles. The number of aromatic nitrogens is 6. The van der Waals surface area contributed by atoms with Crippen LogP contribution in [0.15, 0.2) is 59.5 Å². The van der Waals surface area contributed by atoms with E-state index in [4.69, 9.17) is 4.42 Å². The van der Waals surface area contributed by atoms with E-state index in [2.05, 4.69) is 25.0 Å². The first-order valence-electron chi connectivity index (χ1n) is 7.78. The summed E-state index contributed by atoms with van der Waals surface area (Å²) in [7, 11) is 0. The third-order valence-electron chi connectivity index (χ3n) is 3.95. The summed E-state index contributed by atoms with van der Waals surface area (Å²) in [6.45, 7) is 1.85. The fraction of sp³-hybridized carbons (Fsp3) is 0.0556. The standard InChI is InChI=1S/C18H12N6O/c1-11-22-17-15-14(12-6-2-4-8-19-12)16(13-7-3-5-9-20-13)25-18(15)21-10-24(17)23-11/h2-10H,1H3. The van der Waals surface area contributed by atoms with Gasteiger partial charge in [0.15, 0.2) is 11.4 Å². The Bertz CT molecular complexity index is 1190. The Kier molecular flexibility index (Phi) is 2.87. The zero-order valence-corrected chi connectivity index (χ0v) is 13.3. The predicted molar refractivity (Wildman–Crippen MR) is 91.8 cm³/mol. The molecule has 25 heavy (non-hydrogen) atoms. The van der Waals surface area contributed by atoms with E-state index < -0.39 is 0 Å². The maximum atomic E-state index is 6.06. The van der Waals surface area contributed by atoms with Crippen molar-refractivity contribution in [3.8, 4) is 22.7 Å². The number of nitrogens with zero attached hydrogens (tertiary/aromatic N) is 6. The topological polar surface area (TPSA) is 82.0 Å². The Morgan fingerprint density at radius 3 is 2.40 bits per heavy atom. The first-order valence-corrected chi connectivity index (χ1v) is 7.78. The summed E-state index contributed by atoms with van der Waals surface area (Å²) in [5, 5.41) is 5.13. The van der Waals surface area contributed by atoms with E-state index in [1.807, 2.05) is 43.3 Å². The molecule has 5 aromatic heterocycles. The predicted octanol–water partition coefficient (Wildman–Crippen LogP) is 3.30. The van der Waals surface area contributed by atoms with Crippen molar-refractivity contribution < 1.29 is 4.42 Å². The van der Waals surface area contributed by atoms with Crippen molar-refractivity contribution in [1.29, 1.82) is 0 Å². The van der Waals surface area contributed by atoms with E-state index in [1.165, 1.54) is 0 Å². The molecule has 0 radical (unpaired) electrons. The quantitative estimate of drug-likeness (QED) is 0.494. The van der Waals surface area contributed by atoms with E-state index in [0.29, 0.717) is 22.9 Å². The van der Waals surface area contributed by atoms with Gasteiger partial charge in [-0.2, -0.15) is 5.10 Å². The van der Waals surface area contributed by atoms with Crippen LogP contribution in [0.5, 0.6) is 0 Å². The minimum Gasteiger partial charge on any atom is -0.435 e. The minimum atomic E-state index is 0.487. The molecule has 0 atom stereocenters. The number of pyridine rings is 2. The Balaban J connectivity index is 1.96. The third kappa shape index (κ3) is 2.09. The van der Waals surface area contributed by atoms with E-state index in [0.717, 1.165) is 22.3 Å². The Hall–Kier alpha value is -3.61. The van der Waals surface area contributed by atoms with E-state index in [1.54, 1.807) is 23.2 Å². The maximum Gasteiger partial charge on any atom is 0.232 e. The Morgan fingerprint density at radius 1 is 0.920 bits per heavy atom. The molecule has 0 aliphatic rings. The summed E-state index contributed by atoms with van der Waals surface area (Å²) in [4.78, 5) is 17.9. The SMILES string of the molecule is Cc1nc2c3c(-c4ccccn4)c(-c4ccccn4)oc3ncn2n1. The van der Waals surface area contributed by atoms with Gasteiger partial charge in [0.1, 0.15) is 17.8 Å². The number of rotatable bonds is 2. The van der Waals surface area contributed by atoms with Crippen molar-refractivity contribution in [1.82, 2.24) is 29.5 Å². The van der Waals surface area contributed by atoms with Crippen LogP contribution < -0.4 is 0 Å². The highest BCUT2D eigenvalue weighted by Gasteiger charge is 2.23. The van der Waals surface area contributed by atoms with Crippen molar-refractivity contribution in [2.45, 2.75) is 6.92 Å². The monoisotopic (exact) mass is 328 g/mol. The van der Waals surface area contributed by atoms with E-state index in [-0.39, 0.29) is 0 Å². The fourth-order valence-corrected chi connectivity index (χ4v) is 2.94. The molecule has 0 amide bonds. The third-order valence-corrected chi connectivity index (χ3v) is 3.95. The van der Waals surface area contributed by atoms with Crippen LogP contribution in [0.3, 0.4) is 0 Å². The Morgan fingerprint density at radius 2 is 1.68 bits per heavy atom. The highest BCUT2D eigenvalue weighted by Crippen LogP contribution is 2.39. The lowest BCUT2D eigenvalue weighted by molar-refractivity contribution is 0.614. The molecule has 0 N–H and O–H groups in total. The van der Waals surface area contributed by atoms with Crippen LogP contribution in [-0.4, -0.2) is 29.5 Å². The van der Waals surface area contributed by atoms with Gasteiger partial charge in [0.2, 0.25) is 5.71 Å². The van der Waals surface area contributed by atoms with Crippen molar-refractivity contribution in [2.75, 3.05) is 0 Å². The van der Waals surface area contributed by atoms with Crippen LogP contribution in [0.4, 0.5) is 0 Å². The summed E-state index contributed by atoms with van der Waals surface area (Å²) in [5.74, 6) is 1.29. The van der Waals surface area contributed by atoms with Gasteiger partial charge in [0.25, 0.3) is 0 Å². The van der Waals surface area contributed by atoms with Gasteiger partial charge < -0.3 is 4.42 Å². The molecule has 120 valence electrons. The van der Waals surface area contributed by atoms with Crippen molar-refractivity contribution in [3.63, 3.8) is 0 Å². The molecule has 5 rings (SSSR count). The number of aryl methyl sites for hydroxylation is 1. The molecule has 5 aromatic rings. The molecule has 0 fully saturated rings. The summed E-state index contributed by atoms with van der Waals surface area (Å²) in [5.41, 5.74) is 3.49. The van der Waals surface area contributed by atoms with Gasteiger partial charge in [0, 0.05) is 12.4 Å². The second-order valence-electron chi connectivity index (χ2n) is 5.59. The Labute approximate surface area is 142 Å². The summed E-state index contributed by atoms with van der Waals surface area (Å²) < 4.78 is 7.72. The fourth-order valence-electron chi connectivity index (χ4n) is 2.94. The van der Waals surface area contributed by atoms with Crippen LogP contribution in [-0.2, 0) is 0 Å². The molecule has 0 aromatic carbocycles. The molecule has 0 saturated carbocycles. The molecule has 0 bridgehead atoms. The van der Waals surface area contributed by atoms with Crippen molar-refractivity contribution >= 4 is 16.7 Å². The van der Waals surface area contributed by atoms with Crippen LogP contribution in [0.1, 0.15) is 5.82 Å². The van der Waals surface area contributed by atoms with Crippen molar-refractivity contribution in [2.24, 2.45) is 0 Å². The lowest BCUT2D eigenvalue weighted by atomic mass is 10.1.